The van der Waals surface area contributed by atoms with Gasteiger partial charge in [0.25, 0.3) is 0 Å². The van der Waals surface area contributed by atoms with Crippen LogP contribution in [0.5, 0.6) is 0 Å². The van der Waals surface area contributed by atoms with E-state index < -0.39 is 170 Å². The first-order valence-corrected chi connectivity index (χ1v) is 25.3. The normalized spacial score (nSPS) is 45.6. The Labute approximate surface area is 406 Å². The Bertz CT molecular complexity index is 1530. The molecule has 26 atom stereocenters. The summed E-state index contributed by atoms with van der Waals surface area (Å²) in [5.41, 5.74) is 0. The molecule has 0 aliphatic carbocycles. The first-order chi connectivity index (χ1) is 32.2. The predicted molar refractivity (Wildman–Crippen MR) is 246 cm³/mol. The number of rotatable bonds is 8. The Morgan fingerprint density at radius 1 is 0.652 bits per heavy atom. The van der Waals surface area contributed by atoms with Crippen LogP contribution in [0.25, 0.3) is 0 Å². The fraction of sp³-hybridized carbons (Fsp3) is 0.939. The van der Waals surface area contributed by atoms with E-state index in [4.69, 9.17) is 23.7 Å². The van der Waals surface area contributed by atoms with Crippen molar-refractivity contribution in [3.05, 3.63) is 12.2 Å². The first kappa shape index (κ1) is 60.0. The molecule has 20 nitrogen and oxygen atoms in total. The summed E-state index contributed by atoms with van der Waals surface area (Å²) < 4.78 is 29.5. The van der Waals surface area contributed by atoms with E-state index in [0.717, 1.165) is 6.08 Å². The second-order valence-electron chi connectivity index (χ2n) is 21.3. The van der Waals surface area contributed by atoms with Gasteiger partial charge in [-0.15, -0.1) is 0 Å². The summed E-state index contributed by atoms with van der Waals surface area (Å²) in [7, 11) is 0. The summed E-state index contributed by atoms with van der Waals surface area (Å²) in [6.07, 6.45) is -18.2. The van der Waals surface area contributed by atoms with Crippen molar-refractivity contribution in [3.63, 3.8) is 0 Å². The second kappa shape index (κ2) is 27.1. The number of hydrogen-bond donors (Lipinski definition) is 14. The molecule has 0 saturated carbocycles. The Morgan fingerprint density at radius 2 is 1.28 bits per heavy atom. The number of cyclic esters (lactones) is 1. The lowest BCUT2D eigenvalue weighted by atomic mass is 9.77. The number of esters is 1. The maximum absolute atomic E-state index is 13.4. The highest BCUT2D eigenvalue weighted by molar-refractivity contribution is 5.82. The van der Waals surface area contributed by atoms with E-state index in [0.29, 0.717) is 6.42 Å². The van der Waals surface area contributed by atoms with Gasteiger partial charge in [-0.05, 0) is 84.0 Å². The lowest BCUT2D eigenvalue weighted by molar-refractivity contribution is -0.333. The number of carbonyl (C=O) groups excluding carboxylic acids is 1. The molecule has 4 aliphatic heterocycles. The molecule has 4 rings (SSSR count). The molecule has 2 bridgehead atoms. The van der Waals surface area contributed by atoms with Gasteiger partial charge < -0.3 is 95.2 Å². The van der Waals surface area contributed by atoms with Crippen molar-refractivity contribution in [2.75, 3.05) is 0 Å². The summed E-state index contributed by atoms with van der Waals surface area (Å²) in [4.78, 5) is 13.4. The SMILES string of the molecule is C[C@H]([C@@H](O)[C@@H](C)[C@H](C)O[C@H]1C[C@H](O)[C@H](O)[C@H](C)O1)[C@H](O)[C@H](C)[C@H]1OC(=O)/C=C/C[C@H](O)C[C@H](O)C[C@@H](O)CC[C@@H](C)[C@H](O)C[C@]2(O)O[C@H](C[C@@H](O)C[C@H](O)CCC[C@H](O)[C@@H]3O[C@H]3[C@H]1C)C[C@H](O)[C@H]2O. The Morgan fingerprint density at radius 3 is 1.93 bits per heavy atom. The van der Waals surface area contributed by atoms with E-state index in [1.807, 2.05) is 0 Å². The van der Waals surface area contributed by atoms with Gasteiger partial charge in [0.15, 0.2) is 12.1 Å². The molecule has 0 amide bonds. The van der Waals surface area contributed by atoms with Gasteiger partial charge in [-0.25, -0.2) is 4.79 Å². The third-order valence-corrected chi connectivity index (χ3v) is 15.4. The van der Waals surface area contributed by atoms with Crippen molar-refractivity contribution in [2.24, 2.45) is 29.6 Å². The molecule has 0 aromatic rings. The van der Waals surface area contributed by atoms with Crippen LogP contribution >= 0.6 is 0 Å². The van der Waals surface area contributed by atoms with Crippen LogP contribution in [0.2, 0.25) is 0 Å². The summed E-state index contributed by atoms with van der Waals surface area (Å²) >= 11 is 0. The van der Waals surface area contributed by atoms with E-state index in [9.17, 15) is 76.3 Å². The zero-order valence-corrected chi connectivity index (χ0v) is 41.5. The molecule has 14 N–H and O–H groups in total. The lowest BCUT2D eigenvalue weighted by Crippen LogP contribution is -2.59. The predicted octanol–water partition coefficient (Wildman–Crippen LogP) is -0.584. The molecule has 0 aromatic heterocycles. The van der Waals surface area contributed by atoms with Crippen LogP contribution in [-0.2, 0) is 28.5 Å². The molecule has 404 valence electrons. The summed E-state index contributed by atoms with van der Waals surface area (Å²) in [5.74, 6) is -6.45. The Hall–Kier alpha value is -1.51. The van der Waals surface area contributed by atoms with Crippen LogP contribution in [0.1, 0.15) is 132 Å². The fourth-order valence-electron chi connectivity index (χ4n) is 10.4. The third kappa shape index (κ3) is 17.6. The van der Waals surface area contributed by atoms with Crippen molar-refractivity contribution in [2.45, 2.75) is 260 Å². The van der Waals surface area contributed by atoms with Crippen molar-refractivity contribution in [3.8, 4) is 0 Å². The smallest absolute Gasteiger partial charge is 0.330 e. The van der Waals surface area contributed by atoms with Gasteiger partial charge in [0.05, 0.1) is 91.6 Å². The number of aliphatic hydroxyl groups excluding tert-OH is 13. The number of fused-ring (bicyclic) bond motifs is 3. The van der Waals surface area contributed by atoms with Gasteiger partial charge in [0.2, 0.25) is 0 Å². The number of epoxide rings is 1. The lowest BCUT2D eigenvalue weighted by Gasteiger charge is -2.45. The van der Waals surface area contributed by atoms with Gasteiger partial charge in [0.1, 0.15) is 24.4 Å². The minimum absolute atomic E-state index is 0.0279. The van der Waals surface area contributed by atoms with Crippen molar-refractivity contribution in [1.82, 2.24) is 0 Å². The molecular weight excluding hydrogens is 909 g/mol. The molecule has 4 heterocycles. The van der Waals surface area contributed by atoms with Crippen molar-refractivity contribution in [1.29, 1.82) is 0 Å². The van der Waals surface area contributed by atoms with Crippen LogP contribution in [0, 0.1) is 29.6 Å². The summed E-state index contributed by atoms with van der Waals surface area (Å²) in [6, 6.07) is 0. The summed E-state index contributed by atoms with van der Waals surface area (Å²) in [5, 5.41) is 152. The standard InChI is InChI=1S/C49H88O20/c1-23-14-15-32(52)18-33(53)16-31(51)11-9-13-40(59)67-45(26(4)43(61)25(3)42(60)24(2)28(6)65-41-21-37(56)44(62)29(7)66-41)27(5)46-47(68-46)36(55)12-8-10-30(50)17-34(54)19-35-20-38(57)48(63)49(64,69-35)22-39(23)58/h9,13,23-39,41-48,50-58,60-64H,8,10-12,14-22H2,1-7H3/b13-9+/t23-,24+,25-,26+,27+,28+,29+,30-,31+,32+,33+,34+,35-,36+,37+,38+,39-,41-,42+,43+,44-,45-,46+,47+,48-,49+/m1/s1. The maximum Gasteiger partial charge on any atom is 0.330 e. The maximum atomic E-state index is 13.4. The molecule has 4 aliphatic rings. The monoisotopic (exact) mass is 997 g/mol. The molecule has 0 aromatic carbocycles. The quantitative estimate of drug-likeness (QED) is 0.107. The first-order valence-electron chi connectivity index (χ1n) is 25.3. The zero-order valence-electron chi connectivity index (χ0n) is 41.5. The topological polar surface area (TPSA) is 350 Å². The van der Waals surface area contributed by atoms with Crippen LogP contribution in [0.3, 0.4) is 0 Å². The zero-order chi connectivity index (χ0) is 51.7. The van der Waals surface area contributed by atoms with Gasteiger partial charge in [-0.1, -0.05) is 40.7 Å². The molecule has 69 heavy (non-hydrogen) atoms. The molecule has 0 radical (unpaired) electrons. The van der Waals surface area contributed by atoms with E-state index in [1.165, 1.54) is 6.08 Å². The van der Waals surface area contributed by atoms with Crippen molar-refractivity contribution < 1.29 is 100.0 Å². The highest BCUT2D eigenvalue weighted by atomic mass is 16.7. The molecule has 0 unspecified atom stereocenters. The van der Waals surface area contributed by atoms with Crippen LogP contribution < -0.4 is 0 Å². The number of aliphatic hydroxyl groups is 14. The average Bonchev–Trinajstić information content (AvgIpc) is 4.08. The minimum Gasteiger partial charge on any atom is -0.458 e. The highest BCUT2D eigenvalue weighted by Crippen LogP contribution is 2.40. The van der Waals surface area contributed by atoms with Gasteiger partial charge in [-0.3, -0.25) is 0 Å². The summed E-state index contributed by atoms with van der Waals surface area (Å²) in [6.45, 7) is 11.8. The van der Waals surface area contributed by atoms with E-state index in [1.54, 1.807) is 48.5 Å². The van der Waals surface area contributed by atoms with E-state index >= 15 is 0 Å². The molecular formula is C49H88O20. The molecule has 0 spiro atoms. The van der Waals surface area contributed by atoms with Crippen LogP contribution in [-0.4, -0.2) is 206 Å². The van der Waals surface area contributed by atoms with Crippen LogP contribution in [0.15, 0.2) is 12.2 Å². The molecule has 3 fully saturated rings. The molecule has 3 saturated heterocycles. The highest BCUT2D eigenvalue weighted by Gasteiger charge is 2.53. The number of hydrogen-bond acceptors (Lipinski definition) is 20. The third-order valence-electron chi connectivity index (χ3n) is 15.4. The van der Waals surface area contributed by atoms with E-state index in [2.05, 4.69) is 0 Å². The minimum atomic E-state index is -2.36. The number of carbonyl (C=O) groups is 1. The van der Waals surface area contributed by atoms with Gasteiger partial charge in [0, 0.05) is 49.0 Å². The Balaban J connectivity index is 1.47. The Kier molecular flexibility index (Phi) is 23.6. The second-order valence-corrected chi connectivity index (χ2v) is 21.3. The largest absolute Gasteiger partial charge is 0.458 e. The van der Waals surface area contributed by atoms with Gasteiger partial charge in [-0.2, -0.15) is 0 Å². The number of ether oxygens (including phenoxy) is 5. The molecule has 20 heteroatoms. The van der Waals surface area contributed by atoms with Crippen molar-refractivity contribution >= 4 is 5.97 Å². The fourth-order valence-corrected chi connectivity index (χ4v) is 10.4. The average molecular weight is 997 g/mol. The van der Waals surface area contributed by atoms with Gasteiger partial charge >= 0.3 is 5.97 Å². The van der Waals surface area contributed by atoms with E-state index in [-0.39, 0.29) is 70.6 Å². The van der Waals surface area contributed by atoms with Crippen LogP contribution in [0.4, 0.5) is 0 Å².